The maximum absolute atomic E-state index is 13.5. The highest BCUT2D eigenvalue weighted by molar-refractivity contribution is 6.01. The monoisotopic (exact) mass is 551 g/mol. The van der Waals surface area contributed by atoms with Crippen molar-refractivity contribution in [2.24, 2.45) is 33.5 Å². The normalized spacial score (nSPS) is 28.6. The Morgan fingerprint density at radius 3 is 2.59 bits per heavy atom. The lowest BCUT2D eigenvalue weighted by molar-refractivity contribution is -0.0962. The third-order valence-corrected chi connectivity index (χ3v) is 7.69. The molecule has 0 aromatic rings. The number of fused-ring (bicyclic) bond motifs is 1. The number of hydrogen-bond donors (Lipinski definition) is 2. The second-order valence-electron chi connectivity index (χ2n) is 12.0. The van der Waals surface area contributed by atoms with Crippen molar-refractivity contribution in [2.75, 3.05) is 20.2 Å². The standard InChI is InChI=1S/C28H40F3N5O3/c1-15(18-9-19(28(29,30)31)11-20(32)10-18)33-25-22-12-21(24(38-6)13-23(22)34-16(2)35-25)17-7-8-36(14-17)26(37)39-27(3,4)5/h9,13,15,17-18,20,22H,7-8,10-12,14,32H2,1-6H3,(H,33,34,35). The number of amides is 1. The molecule has 0 radical (unpaired) electrons. The second-order valence-corrected chi connectivity index (χ2v) is 12.0. The molecule has 1 saturated heterocycles. The number of allylic oxidation sites excluding steroid dienone is 1. The van der Waals surface area contributed by atoms with Gasteiger partial charge < -0.3 is 25.4 Å². The zero-order valence-corrected chi connectivity index (χ0v) is 23.6. The number of methoxy groups -OCH3 is 1. The Morgan fingerprint density at radius 2 is 1.95 bits per heavy atom. The third kappa shape index (κ3) is 6.85. The van der Waals surface area contributed by atoms with Crippen LogP contribution in [-0.2, 0) is 9.47 Å². The molecule has 2 aliphatic carbocycles. The van der Waals surface area contributed by atoms with Gasteiger partial charge in [0.05, 0.1) is 18.7 Å². The van der Waals surface area contributed by atoms with Crippen molar-refractivity contribution < 1.29 is 27.4 Å². The minimum Gasteiger partial charge on any atom is -0.497 e. The van der Waals surface area contributed by atoms with Crippen LogP contribution in [0.2, 0.25) is 0 Å². The van der Waals surface area contributed by atoms with Gasteiger partial charge in [0.2, 0.25) is 0 Å². The van der Waals surface area contributed by atoms with Gasteiger partial charge in [-0.05, 0) is 71.8 Å². The van der Waals surface area contributed by atoms with Gasteiger partial charge in [-0.2, -0.15) is 13.2 Å². The molecule has 4 rings (SSSR count). The summed E-state index contributed by atoms with van der Waals surface area (Å²) in [5, 5.41) is 3.42. The molecule has 0 bridgehead atoms. The third-order valence-electron chi connectivity index (χ3n) is 7.69. The minimum absolute atomic E-state index is 0.0876. The Kier molecular flexibility index (Phi) is 8.21. The van der Waals surface area contributed by atoms with E-state index in [9.17, 15) is 18.0 Å². The van der Waals surface area contributed by atoms with E-state index in [0.717, 1.165) is 23.5 Å². The fourth-order valence-electron chi connectivity index (χ4n) is 5.80. The number of halogens is 3. The number of carbonyl (C=O) groups is 1. The van der Waals surface area contributed by atoms with Gasteiger partial charge in [-0.25, -0.2) is 14.8 Å². The van der Waals surface area contributed by atoms with Gasteiger partial charge in [-0.3, -0.25) is 0 Å². The van der Waals surface area contributed by atoms with Crippen LogP contribution in [0.5, 0.6) is 0 Å². The van der Waals surface area contributed by atoms with E-state index in [1.165, 1.54) is 6.08 Å². The summed E-state index contributed by atoms with van der Waals surface area (Å²) in [7, 11) is 1.62. The maximum atomic E-state index is 13.5. The highest BCUT2D eigenvalue weighted by Crippen LogP contribution is 2.40. The van der Waals surface area contributed by atoms with Crippen molar-refractivity contribution in [3.63, 3.8) is 0 Å². The molecule has 1 amide bonds. The van der Waals surface area contributed by atoms with Gasteiger partial charge in [0.15, 0.2) is 0 Å². The first-order chi connectivity index (χ1) is 18.1. The lowest BCUT2D eigenvalue weighted by Crippen LogP contribution is -2.46. The van der Waals surface area contributed by atoms with Crippen LogP contribution in [0, 0.1) is 17.8 Å². The van der Waals surface area contributed by atoms with Crippen LogP contribution in [0.1, 0.15) is 60.3 Å². The topological polar surface area (TPSA) is 102 Å². The second kappa shape index (κ2) is 11.0. The van der Waals surface area contributed by atoms with Crippen LogP contribution in [-0.4, -0.2) is 66.7 Å². The molecular weight excluding hydrogens is 511 g/mol. The fourth-order valence-corrected chi connectivity index (χ4v) is 5.80. The van der Waals surface area contributed by atoms with Crippen molar-refractivity contribution >= 4 is 17.8 Å². The number of aliphatic imine (C=N–C) groups is 2. The van der Waals surface area contributed by atoms with Crippen LogP contribution in [0.15, 0.2) is 44.7 Å². The molecule has 3 N–H and O–H groups in total. The number of nitrogens with one attached hydrogen (secondary N) is 1. The average Bonchev–Trinajstić information content (AvgIpc) is 3.31. The van der Waals surface area contributed by atoms with Crippen molar-refractivity contribution in [2.45, 2.75) is 84.2 Å². The van der Waals surface area contributed by atoms with E-state index in [-0.39, 0.29) is 36.3 Å². The summed E-state index contributed by atoms with van der Waals surface area (Å²) < 4.78 is 51.7. The van der Waals surface area contributed by atoms with Gasteiger partial charge in [0.25, 0.3) is 0 Å². The highest BCUT2D eigenvalue weighted by Gasteiger charge is 2.41. The minimum atomic E-state index is -4.38. The highest BCUT2D eigenvalue weighted by atomic mass is 19.4. The molecule has 8 nitrogen and oxygen atoms in total. The molecule has 0 spiro atoms. The molecule has 4 aliphatic rings. The zero-order valence-electron chi connectivity index (χ0n) is 23.6. The van der Waals surface area contributed by atoms with E-state index in [2.05, 4.69) is 15.3 Å². The number of alkyl halides is 3. The predicted molar refractivity (Wildman–Crippen MR) is 144 cm³/mol. The van der Waals surface area contributed by atoms with Crippen LogP contribution in [0.3, 0.4) is 0 Å². The molecule has 1 fully saturated rings. The van der Waals surface area contributed by atoms with Crippen molar-refractivity contribution in [3.8, 4) is 0 Å². The molecule has 2 aliphatic heterocycles. The molecule has 5 unspecified atom stereocenters. The summed E-state index contributed by atoms with van der Waals surface area (Å²) in [6.07, 6.45) is 0.193. The zero-order chi connectivity index (χ0) is 28.7. The smallest absolute Gasteiger partial charge is 0.412 e. The summed E-state index contributed by atoms with van der Waals surface area (Å²) in [6, 6.07) is -0.860. The van der Waals surface area contributed by atoms with Gasteiger partial charge in [0, 0.05) is 42.7 Å². The van der Waals surface area contributed by atoms with Crippen LogP contribution in [0.4, 0.5) is 18.0 Å². The number of carbonyl (C=O) groups excluding carboxylic acids is 1. The number of nitrogens with two attached hydrogens (primary N) is 1. The Bertz CT molecular complexity index is 1130. The largest absolute Gasteiger partial charge is 0.497 e. The number of amidine groups is 2. The van der Waals surface area contributed by atoms with Crippen LogP contribution >= 0.6 is 0 Å². The van der Waals surface area contributed by atoms with Gasteiger partial charge >= 0.3 is 12.3 Å². The van der Waals surface area contributed by atoms with E-state index in [1.54, 1.807) is 18.9 Å². The molecule has 0 saturated carbocycles. The number of hydrogen-bond acceptors (Lipinski definition) is 7. The molecule has 39 heavy (non-hydrogen) atoms. The summed E-state index contributed by atoms with van der Waals surface area (Å²) in [5.41, 5.74) is 6.75. The summed E-state index contributed by atoms with van der Waals surface area (Å²) in [4.78, 5) is 23.7. The van der Waals surface area contributed by atoms with E-state index < -0.39 is 23.4 Å². The molecule has 2 heterocycles. The summed E-state index contributed by atoms with van der Waals surface area (Å²) in [6.45, 7) is 10.3. The molecule has 0 aromatic heterocycles. The quantitative estimate of drug-likeness (QED) is 0.475. The average molecular weight is 552 g/mol. The molecule has 216 valence electrons. The predicted octanol–water partition coefficient (Wildman–Crippen LogP) is 5.08. The maximum Gasteiger partial charge on any atom is 0.412 e. The number of ether oxygens (including phenoxy) is 2. The van der Waals surface area contributed by atoms with E-state index in [1.807, 2.05) is 33.8 Å². The fraction of sp³-hybridized carbons (Fsp3) is 0.679. The van der Waals surface area contributed by atoms with Crippen molar-refractivity contribution in [3.05, 3.63) is 34.8 Å². The first-order valence-electron chi connectivity index (χ1n) is 13.5. The van der Waals surface area contributed by atoms with Crippen molar-refractivity contribution in [1.29, 1.82) is 0 Å². The Balaban J connectivity index is 1.52. The van der Waals surface area contributed by atoms with Gasteiger partial charge in [-0.1, -0.05) is 6.08 Å². The number of likely N-dealkylation sites (tertiary alicyclic amines) is 1. The molecule has 11 heteroatoms. The lowest BCUT2D eigenvalue weighted by atomic mass is 9.80. The van der Waals surface area contributed by atoms with E-state index in [4.69, 9.17) is 15.2 Å². The molecular formula is C28H40F3N5O3. The summed E-state index contributed by atoms with van der Waals surface area (Å²) in [5.74, 6) is 1.49. The molecule has 0 aromatic carbocycles. The van der Waals surface area contributed by atoms with E-state index in [0.29, 0.717) is 37.6 Å². The SMILES string of the molecule is COC1=C(C2CCN(C(=O)OC(C)(C)C)C2)CC2C(=C1)N=C(C)N=C2NC(C)C1C=C(C(F)(F)F)CC(N)C1. The Hall–Kier alpha value is -2.82. The van der Waals surface area contributed by atoms with E-state index >= 15 is 0 Å². The first kappa shape index (κ1) is 29.2. The van der Waals surface area contributed by atoms with Crippen molar-refractivity contribution in [1.82, 2.24) is 10.2 Å². The Morgan fingerprint density at radius 1 is 1.23 bits per heavy atom. The van der Waals surface area contributed by atoms with Crippen LogP contribution < -0.4 is 11.1 Å². The summed E-state index contributed by atoms with van der Waals surface area (Å²) >= 11 is 0. The lowest BCUT2D eigenvalue weighted by Gasteiger charge is -2.35. The van der Waals surface area contributed by atoms with Gasteiger partial charge in [-0.15, -0.1) is 0 Å². The Labute approximate surface area is 228 Å². The van der Waals surface area contributed by atoms with Crippen LogP contribution in [0.25, 0.3) is 0 Å². The van der Waals surface area contributed by atoms with Gasteiger partial charge in [0.1, 0.15) is 23.0 Å². The first-order valence-corrected chi connectivity index (χ1v) is 13.5. The number of nitrogens with zero attached hydrogens (tertiary/aromatic N) is 3. The molecule has 5 atom stereocenters. The number of rotatable bonds is 4.